The summed E-state index contributed by atoms with van der Waals surface area (Å²) in [5.74, 6) is 10.1. The molecule has 0 radical (unpaired) electrons. The van der Waals surface area contributed by atoms with E-state index in [4.69, 9.17) is 66.1 Å². The van der Waals surface area contributed by atoms with Crippen molar-refractivity contribution in [3.8, 4) is 0 Å². The summed E-state index contributed by atoms with van der Waals surface area (Å²) >= 11 is 15.4. The standard InChI is InChI=1S/C9H10N2OS.C8H13N3.C8H13NOS.C7H6N4S.C5H8O.C2H7N.3C2H6.H4N2.14H2/c12-8-3-1-2-7(8)9(13)11-5-4-10-6-11;1-2-9-8-6-4-3-5-7(6)10-11-8;1-2-9-8(11)6-4-3-5-7(6)10;12-7(10-3-1-8-5-10)11-4-2-9-6-11;6-5-3-1-2-4-5;1-2-3;4*1-2;;;;;;;;;;;;;;/h4-7H,1-3H2;2-5H2,1H3,(H2,9,10,11);6H,2-5H2,1H3,(H,9,11);1-6H;1-4H2;2-3H2,1H3;3*1-2H3;1-2H2;14*1H/i;;;;;;;;;;8*1+2T;3*1+2;;;. The average molecular weight is 1010 g/mol. The molecule has 8 rings (SSSR count). The number of hydrazine groups is 1. The fourth-order valence-electron chi connectivity index (χ4n) is 6.32. The zero-order valence-electron chi connectivity index (χ0n) is 56.0. The molecule has 9 N–H and O–H groups in total. The molecule has 0 amide bonds. The number of hydrogen-bond acceptors (Lipinski definition) is 14. The first-order chi connectivity index (χ1) is 39.1. The molecule has 3 fully saturated rings. The van der Waals surface area contributed by atoms with Gasteiger partial charge >= 0.3 is 0 Å². The number of anilines is 1. The van der Waals surface area contributed by atoms with Crippen LogP contribution in [0, 0.1) is 11.8 Å². The first-order valence-electron chi connectivity index (χ1n) is 30.9. The first kappa shape index (κ1) is 47.6. The van der Waals surface area contributed by atoms with E-state index in [0.29, 0.717) is 28.1 Å². The van der Waals surface area contributed by atoms with E-state index in [1.807, 2.05) is 55.4 Å². The van der Waals surface area contributed by atoms with Crippen LogP contribution in [-0.2, 0) is 27.2 Å². The third-order valence-electron chi connectivity index (χ3n) is 9.10. The highest BCUT2D eigenvalue weighted by molar-refractivity contribution is 7.80. The highest BCUT2D eigenvalue weighted by Crippen LogP contribution is 2.26. The number of carbonyl (C=O) groups is 3. The molecule has 0 spiro atoms. The van der Waals surface area contributed by atoms with E-state index in [9.17, 15) is 14.4 Å². The van der Waals surface area contributed by atoms with Gasteiger partial charge in [0.05, 0.1) is 28.1 Å². The van der Waals surface area contributed by atoms with E-state index < -0.39 is 0 Å². The fourth-order valence-corrected chi connectivity index (χ4v) is 7.28. The summed E-state index contributed by atoms with van der Waals surface area (Å²) in [5, 5.41) is 14.2. The number of aryl methyl sites for hydroxylation is 1. The molecule has 4 aliphatic rings. The number of Topliss-reactive ketones (excluding diaryl/α,β-unsaturated/α-hetero) is 3. The van der Waals surface area contributed by atoms with Gasteiger partial charge in [-0.25, -0.2) is 15.0 Å². The molecule has 388 valence electrons. The van der Waals surface area contributed by atoms with Crippen LogP contribution in [0.3, 0.4) is 0 Å². The summed E-state index contributed by atoms with van der Waals surface area (Å²) in [5.41, 5.74) is 7.59. The van der Waals surface area contributed by atoms with Gasteiger partial charge in [-0.15, -0.1) is 0 Å². The Balaban J connectivity index is -0.0000000458. The molecule has 0 aromatic carbocycles. The summed E-state index contributed by atoms with van der Waals surface area (Å²) in [4.78, 5) is 45.9. The van der Waals surface area contributed by atoms with E-state index in [-0.39, 0.29) is 26.2 Å². The number of nitrogens with one attached hydrogen (secondary N) is 3. The number of carbonyl (C=O) groups excluding carboxylic acids is 3. The second-order valence-corrected chi connectivity index (χ2v) is 14.5. The summed E-state index contributed by atoms with van der Waals surface area (Å²) < 4.78 is 85.2. The van der Waals surface area contributed by atoms with Crippen molar-refractivity contribution in [1.82, 2.24) is 44.2 Å². The van der Waals surface area contributed by atoms with Gasteiger partial charge in [-0.2, -0.15) is 5.10 Å². The maximum atomic E-state index is 11.4. The Hall–Kier alpha value is -4.40. The minimum atomic E-state index is -0.0517. The van der Waals surface area contributed by atoms with Crippen LogP contribution in [0.15, 0.2) is 56.2 Å². The van der Waals surface area contributed by atoms with E-state index in [1.165, 1.54) is 30.5 Å². The minimum Gasteiger partial charge on any atom is -0.379 e. The molecule has 0 saturated heterocycles. The quantitative estimate of drug-likeness (QED) is 0.0620. The molecule has 19 heteroatoms. The lowest BCUT2D eigenvalue weighted by Gasteiger charge is -2.09. The minimum absolute atomic E-state index is 0. The van der Waals surface area contributed by atoms with Crippen LogP contribution < -0.4 is 28.1 Å². The SMILES string of the molecule is CC.CC.CC.CCN.CCNC(=S)C1CCCC1=O.CCNc1n[nH]c2c1CCC2.NN.O=C1CCCC1.O=C1CCCC1C(=S)n1ccnc1.S=C(n1ccnc1)n1ccnc1.[3HH].[3HH].[3HH].[3H][3H].[3H][3H].[3H][3H].[3H][3H].[3H][3H].[3H][3H].[3H][3H].[3H][3H].[HH].[HH].[HH]. The Kier molecular flexibility index (Phi) is 29.8. The van der Waals surface area contributed by atoms with Crippen LogP contribution in [0.4, 0.5) is 5.82 Å². The Labute approximate surface area is 432 Å². The molecular weight excluding hydrogens is 867 g/mol. The highest BCUT2D eigenvalue weighted by atomic mass is 32.1. The summed E-state index contributed by atoms with van der Waals surface area (Å²) in [6.45, 7) is 20.5. The van der Waals surface area contributed by atoms with Gasteiger partial charge in [-0.05, 0) is 90.4 Å². The molecule has 3 saturated carbocycles. The van der Waals surface area contributed by atoms with E-state index >= 15 is 0 Å². The van der Waals surface area contributed by atoms with Gasteiger partial charge in [0.1, 0.15) is 30.0 Å². The highest BCUT2D eigenvalue weighted by Gasteiger charge is 2.29. The summed E-state index contributed by atoms with van der Waals surface area (Å²) in [6.07, 6.45) is 28.2. The Morgan fingerprint density at radius 1 is 0.719 bits per heavy atom. The molecule has 16 nitrogen and oxygen atoms in total. The number of fused-ring (bicyclic) bond motifs is 1. The molecule has 64 heavy (non-hydrogen) atoms. The van der Waals surface area contributed by atoms with Gasteiger partial charge in [-0.1, -0.05) is 72.9 Å². The second kappa shape index (κ2) is 40.1. The Morgan fingerprint density at radius 3 is 1.56 bits per heavy atom. The average Bonchev–Trinajstić information content (AvgIpc) is 4.38. The number of thiocarbonyl (C=S) groups is 3. The number of rotatable bonds is 5. The molecule has 4 heterocycles. The first-order valence-corrected chi connectivity index (χ1v) is 24.1. The topological polar surface area (TPSA) is 235 Å². The van der Waals surface area contributed by atoms with Crippen molar-refractivity contribution >= 4 is 74.9 Å². The number of aromatic amines is 1. The maximum absolute atomic E-state index is 11.4. The molecule has 0 aliphatic heterocycles. The second-order valence-electron chi connectivity index (χ2n) is 13.3. The van der Waals surface area contributed by atoms with Crippen molar-refractivity contribution in [1.29, 1.82) is 0 Å². The predicted molar refractivity (Wildman–Crippen MR) is 304 cm³/mol. The van der Waals surface area contributed by atoms with Crippen molar-refractivity contribution in [3.05, 3.63) is 67.4 Å². The van der Waals surface area contributed by atoms with Crippen LogP contribution in [0.25, 0.3) is 0 Å². The maximum Gasteiger partial charge on any atom is 0.190 e. The van der Waals surface area contributed by atoms with Crippen molar-refractivity contribution in [3.63, 3.8) is 0 Å². The van der Waals surface area contributed by atoms with Gasteiger partial charge in [0, 0.05) is 120 Å². The predicted octanol–water partition coefficient (Wildman–Crippen LogP) is 11.2. The molecule has 0 bridgehead atoms. The van der Waals surface area contributed by atoms with Crippen molar-refractivity contribution in [2.75, 3.05) is 25.0 Å². The van der Waals surface area contributed by atoms with Gasteiger partial charge in [0.2, 0.25) is 0 Å². The van der Waals surface area contributed by atoms with Crippen molar-refractivity contribution in [2.45, 2.75) is 146 Å². The van der Waals surface area contributed by atoms with Gasteiger partial charge in [-0.3, -0.25) is 44.9 Å². The van der Waals surface area contributed by atoms with Crippen LogP contribution in [0.5, 0.6) is 0 Å². The Morgan fingerprint density at radius 2 is 1.19 bits per heavy atom. The number of hydrogen-bond donors (Lipinski definition) is 6. The van der Waals surface area contributed by atoms with Gasteiger partial charge in [0.25, 0.3) is 0 Å². The number of aromatic nitrogens is 8. The normalized spacial score (nSPS) is 16.8. The van der Waals surface area contributed by atoms with Crippen LogP contribution in [-0.4, -0.2) is 90.9 Å². The molecular formula is C45H107N13O3S3. The van der Waals surface area contributed by atoms with Crippen LogP contribution in [0.2, 0.25) is 0 Å². The van der Waals surface area contributed by atoms with Gasteiger partial charge in [0.15, 0.2) is 10.9 Å². The zero-order chi connectivity index (χ0) is 64.7. The third kappa shape index (κ3) is 23.5. The molecule has 2 unspecified atom stereocenters. The lowest BCUT2D eigenvalue weighted by atomic mass is 10.1. The van der Waals surface area contributed by atoms with Crippen molar-refractivity contribution < 1.29 is 46.7 Å². The van der Waals surface area contributed by atoms with Crippen molar-refractivity contribution in [2.24, 2.45) is 29.3 Å². The van der Waals surface area contributed by atoms with Crippen LogP contribution in [0.1, 0.15) is 177 Å². The van der Waals surface area contributed by atoms with Crippen LogP contribution >= 0.6 is 36.7 Å². The summed E-state index contributed by atoms with van der Waals surface area (Å²) in [7, 11) is 0. The molecule has 4 aliphatic carbocycles. The summed E-state index contributed by atoms with van der Waals surface area (Å²) in [6, 6.07) is 0. The lowest BCUT2D eigenvalue weighted by Crippen LogP contribution is -2.30. The largest absolute Gasteiger partial charge is 0.379 e. The third-order valence-corrected chi connectivity index (χ3v) is 10.4. The number of imidazole rings is 3. The number of nitrogens with two attached hydrogens (primary N) is 3. The van der Waals surface area contributed by atoms with Gasteiger partial charge < -0.3 is 16.4 Å². The zero-order valence-corrected chi connectivity index (χ0v) is 42.4. The fraction of sp³-hybridized carbons (Fsp3) is 0.600. The van der Waals surface area contributed by atoms with E-state index in [2.05, 4.69) is 54.4 Å². The Bertz CT molecular complexity index is 1820. The number of H-pyrrole nitrogens is 1. The molecule has 2 atom stereocenters. The molecule has 4 aromatic heterocycles. The van der Waals surface area contributed by atoms with E-state index in [0.717, 1.165) is 88.2 Å². The number of nitrogens with zero attached hydrogens (tertiary/aromatic N) is 7. The van der Waals surface area contributed by atoms with E-state index in [1.54, 1.807) is 69.9 Å². The lowest BCUT2D eigenvalue weighted by molar-refractivity contribution is -0.119. The monoisotopic (exact) mass is 1010 g/mol. The number of ketones is 3. The smallest absolute Gasteiger partial charge is 0.190 e. The molecule has 4 aromatic rings.